The lowest BCUT2D eigenvalue weighted by Crippen LogP contribution is -2.37. The summed E-state index contributed by atoms with van der Waals surface area (Å²) in [5, 5.41) is 2.79. The zero-order chi connectivity index (χ0) is 59.0. The molecule has 2 aliphatic rings. The number of nitrogens with zero attached hydrogens (tertiary/aromatic N) is 4. The van der Waals surface area contributed by atoms with Gasteiger partial charge >= 0.3 is 0 Å². The third-order valence-corrected chi connectivity index (χ3v) is 21.9. The zero-order valence-electron chi connectivity index (χ0n) is 50.9. The highest BCUT2D eigenvalue weighted by Crippen LogP contribution is 2.67. The third kappa shape index (κ3) is 8.86. The van der Waals surface area contributed by atoms with Gasteiger partial charge in [-0.3, -0.25) is 0 Å². The normalized spacial score (nSPS) is 13.5. The van der Waals surface area contributed by atoms with Crippen molar-refractivity contribution in [3.63, 3.8) is 0 Å². The molecule has 0 radical (unpaired) electrons. The van der Waals surface area contributed by atoms with Gasteiger partial charge in [-0.1, -0.05) is 225 Å². The molecule has 85 heavy (non-hydrogen) atoms. The molecule has 0 amide bonds. The van der Waals surface area contributed by atoms with Crippen molar-refractivity contribution in [3.8, 4) is 45.2 Å². The lowest BCUT2D eigenvalue weighted by molar-refractivity contribution is 0.590. The van der Waals surface area contributed by atoms with Crippen LogP contribution < -0.4 is 20.2 Å². The highest BCUT2D eigenvalue weighted by Gasteiger charge is 2.55. The molecule has 14 rings (SSSR count). The minimum atomic E-state index is -1.68. The van der Waals surface area contributed by atoms with Gasteiger partial charge in [0.2, 0.25) is 11.8 Å². The summed E-state index contributed by atoms with van der Waals surface area (Å²) in [4.78, 5) is 16.2. The standard InChI is InChI=1S/C77H72N4O2Si2/c1-75(2,3)51-31-35-53(36-32-51)80(55-39-43-57(44-40-55)84(7,8)9)65-47-63-67(71-69(65)78-73(82-71)49-23-15-13-16-24-49)68-64(77(63)61-29-21-19-27-59(61)60-28-20-22-30-62(60)77)48-66(70-72(68)83-74(79-70)50-25-17-14-18-26-50)81(54-37-33-52(34-38-54)76(4,5)6)56-41-45-58(46-42-56)85(10,11)12/h13-48H,1-12H3. The Hall–Kier alpha value is -8.83. The van der Waals surface area contributed by atoms with E-state index in [0.717, 1.165) is 78.5 Å². The molecule has 0 unspecified atom stereocenters. The Balaban J connectivity index is 1.16. The van der Waals surface area contributed by atoms with Crippen molar-refractivity contribution in [3.05, 3.63) is 252 Å². The number of anilines is 6. The number of oxazole rings is 2. The van der Waals surface area contributed by atoms with Gasteiger partial charge in [0.05, 0.1) is 32.9 Å². The number of fused-ring (bicyclic) bond motifs is 14. The van der Waals surface area contributed by atoms with Crippen LogP contribution in [0.1, 0.15) is 74.9 Å². The van der Waals surface area contributed by atoms with Crippen LogP contribution in [0.15, 0.2) is 227 Å². The SMILES string of the molecule is CC(C)(C)c1ccc(N(c2ccc([Si](C)(C)C)cc2)c2cc3c(c4oc(-c5ccccc5)nc24)-c2c(cc(N(c4ccc(C(C)(C)C)cc4)c4ccc([Si](C)(C)C)cc4)c4nc(-c5ccccc5)oc24)C32c3ccccc3-c3ccccc32)cc1. The molecule has 0 bridgehead atoms. The molecule has 0 N–H and O–H groups in total. The second kappa shape index (κ2) is 19.6. The average molecular weight is 1140 g/mol. The van der Waals surface area contributed by atoms with E-state index in [-0.39, 0.29) is 10.8 Å². The van der Waals surface area contributed by atoms with Crippen molar-refractivity contribution < 1.29 is 8.83 Å². The first kappa shape index (κ1) is 54.1. The summed E-state index contributed by atoms with van der Waals surface area (Å²) in [6.07, 6.45) is 0. The highest BCUT2D eigenvalue weighted by molar-refractivity contribution is 6.89. The van der Waals surface area contributed by atoms with Crippen molar-refractivity contribution in [1.82, 2.24) is 9.97 Å². The molecule has 12 aromatic rings. The Morgan fingerprint density at radius 1 is 0.365 bits per heavy atom. The van der Waals surface area contributed by atoms with Crippen molar-refractivity contribution in [2.45, 2.75) is 97.1 Å². The van der Waals surface area contributed by atoms with E-state index < -0.39 is 21.6 Å². The van der Waals surface area contributed by atoms with Crippen LogP contribution >= 0.6 is 0 Å². The van der Waals surface area contributed by atoms with E-state index in [0.29, 0.717) is 22.9 Å². The number of rotatable bonds is 10. The maximum absolute atomic E-state index is 7.56. The Morgan fingerprint density at radius 3 is 1.01 bits per heavy atom. The van der Waals surface area contributed by atoms with Gasteiger partial charge in [0, 0.05) is 45.0 Å². The first-order valence-corrected chi connectivity index (χ1v) is 37.0. The van der Waals surface area contributed by atoms with Gasteiger partial charge in [-0.05, 0) is 140 Å². The molecule has 0 aliphatic heterocycles. The fourth-order valence-corrected chi connectivity index (χ4v) is 15.6. The second-order valence-corrected chi connectivity index (χ2v) is 37.6. The maximum Gasteiger partial charge on any atom is 0.227 e. The van der Waals surface area contributed by atoms with E-state index in [1.54, 1.807) is 0 Å². The molecular weight excluding hydrogens is 1070 g/mol. The minimum Gasteiger partial charge on any atom is -0.435 e. The van der Waals surface area contributed by atoms with Gasteiger partial charge in [-0.15, -0.1) is 0 Å². The molecule has 6 nitrogen and oxygen atoms in total. The molecule has 8 heteroatoms. The Morgan fingerprint density at radius 2 is 0.682 bits per heavy atom. The smallest absolute Gasteiger partial charge is 0.227 e. The van der Waals surface area contributed by atoms with Crippen LogP contribution in [0, 0.1) is 0 Å². The zero-order valence-corrected chi connectivity index (χ0v) is 52.9. The minimum absolute atomic E-state index is 0.0462. The third-order valence-electron chi connectivity index (χ3n) is 17.8. The van der Waals surface area contributed by atoms with Crippen molar-refractivity contribution >= 4 is 82.8 Å². The molecule has 2 aliphatic carbocycles. The summed E-state index contributed by atoms with van der Waals surface area (Å²) in [6, 6.07) is 80.5. The quantitative estimate of drug-likeness (QED) is 0.127. The summed E-state index contributed by atoms with van der Waals surface area (Å²) in [5.74, 6) is 1.08. The second-order valence-electron chi connectivity index (χ2n) is 27.5. The van der Waals surface area contributed by atoms with Crippen LogP contribution in [0.2, 0.25) is 39.3 Å². The molecular formula is C77H72N4O2Si2. The molecule has 2 aromatic heterocycles. The van der Waals surface area contributed by atoms with Crippen molar-refractivity contribution in [2.75, 3.05) is 9.80 Å². The summed E-state index contributed by atoms with van der Waals surface area (Å²) >= 11 is 0. The van der Waals surface area contributed by atoms with E-state index in [1.807, 2.05) is 12.1 Å². The lowest BCUT2D eigenvalue weighted by Gasteiger charge is -2.33. The van der Waals surface area contributed by atoms with Crippen LogP contribution in [0.5, 0.6) is 0 Å². The van der Waals surface area contributed by atoms with Gasteiger partial charge in [0.1, 0.15) is 11.0 Å². The number of benzene rings is 10. The van der Waals surface area contributed by atoms with Crippen LogP contribution in [0.3, 0.4) is 0 Å². The van der Waals surface area contributed by atoms with Crippen LogP contribution in [-0.2, 0) is 16.2 Å². The van der Waals surface area contributed by atoms with Gasteiger partial charge in [0.25, 0.3) is 0 Å². The molecule has 2 heterocycles. The summed E-state index contributed by atoms with van der Waals surface area (Å²) in [5.41, 5.74) is 21.0. The highest BCUT2D eigenvalue weighted by atomic mass is 28.3. The number of hydrogen-bond donors (Lipinski definition) is 0. The molecule has 0 saturated carbocycles. The van der Waals surface area contributed by atoms with Gasteiger partial charge in [-0.2, -0.15) is 0 Å². The molecule has 420 valence electrons. The topological polar surface area (TPSA) is 58.5 Å². The van der Waals surface area contributed by atoms with Gasteiger partial charge in [-0.25, -0.2) is 9.97 Å². The van der Waals surface area contributed by atoms with Gasteiger partial charge < -0.3 is 18.6 Å². The van der Waals surface area contributed by atoms with Crippen molar-refractivity contribution in [2.24, 2.45) is 0 Å². The Labute approximate surface area is 502 Å². The van der Waals surface area contributed by atoms with Crippen LogP contribution in [0.4, 0.5) is 34.1 Å². The summed E-state index contributed by atoms with van der Waals surface area (Å²) in [6.45, 7) is 28.1. The van der Waals surface area contributed by atoms with Crippen molar-refractivity contribution in [1.29, 1.82) is 0 Å². The summed E-state index contributed by atoms with van der Waals surface area (Å²) in [7, 11) is -3.35. The average Bonchev–Trinajstić information content (AvgIpc) is 1.50. The Bertz CT molecular complexity index is 4130. The fraction of sp³-hybridized carbons (Fsp3) is 0.195. The molecule has 0 atom stereocenters. The molecule has 0 fully saturated rings. The maximum atomic E-state index is 7.56. The van der Waals surface area contributed by atoms with E-state index in [4.69, 9.17) is 18.8 Å². The molecule has 10 aromatic carbocycles. The molecule has 1 spiro atoms. The monoisotopic (exact) mass is 1140 g/mol. The van der Waals surface area contributed by atoms with E-state index in [2.05, 4.69) is 297 Å². The predicted octanol–water partition coefficient (Wildman–Crippen LogP) is 20.3. The number of aromatic nitrogens is 2. The first-order valence-electron chi connectivity index (χ1n) is 30.0. The first-order chi connectivity index (χ1) is 40.7. The van der Waals surface area contributed by atoms with Gasteiger partial charge in [0.15, 0.2) is 11.2 Å². The lowest BCUT2D eigenvalue weighted by atomic mass is 9.70. The van der Waals surface area contributed by atoms with E-state index >= 15 is 0 Å². The van der Waals surface area contributed by atoms with Crippen LogP contribution in [0.25, 0.3) is 67.4 Å². The molecule has 0 saturated heterocycles. The van der Waals surface area contributed by atoms with Crippen LogP contribution in [-0.4, -0.2) is 26.1 Å². The number of hydrogen-bond acceptors (Lipinski definition) is 6. The van der Waals surface area contributed by atoms with E-state index in [1.165, 1.54) is 43.8 Å². The summed E-state index contributed by atoms with van der Waals surface area (Å²) < 4.78 is 15.1. The van der Waals surface area contributed by atoms with E-state index in [9.17, 15) is 0 Å². The Kier molecular flexibility index (Phi) is 12.5. The largest absolute Gasteiger partial charge is 0.435 e. The fourth-order valence-electron chi connectivity index (χ4n) is 13.2. The predicted molar refractivity (Wildman–Crippen MR) is 361 cm³/mol.